The second-order valence-electron chi connectivity index (χ2n) is 9.32. The van der Waals surface area contributed by atoms with Gasteiger partial charge in [-0.3, -0.25) is 34.1 Å². The van der Waals surface area contributed by atoms with Crippen LogP contribution in [0.1, 0.15) is 38.8 Å². The largest absolute Gasteiger partial charge is 0.326 e. The van der Waals surface area contributed by atoms with Gasteiger partial charge >= 0.3 is 0 Å². The quantitative estimate of drug-likeness (QED) is 0.307. The van der Waals surface area contributed by atoms with Crippen LogP contribution in [0.15, 0.2) is 64.4 Å². The highest BCUT2D eigenvalue weighted by atomic mass is 32.2. The average molecular weight is 551 g/mol. The van der Waals surface area contributed by atoms with Gasteiger partial charge in [-0.15, -0.1) is 0 Å². The Bertz CT molecular complexity index is 1500. The molecule has 0 saturated carbocycles. The van der Waals surface area contributed by atoms with E-state index in [-0.39, 0.29) is 41.0 Å². The van der Waals surface area contributed by atoms with Gasteiger partial charge in [0, 0.05) is 37.3 Å². The third-order valence-corrected chi connectivity index (χ3v) is 7.71. The topological polar surface area (TPSA) is 132 Å². The van der Waals surface area contributed by atoms with Crippen LogP contribution < -0.4 is 10.9 Å². The number of nitro groups is 1. The summed E-state index contributed by atoms with van der Waals surface area (Å²) in [5.41, 5.74) is 1.38. The molecule has 2 aromatic carbocycles. The zero-order valence-corrected chi connectivity index (χ0v) is 23.0. The third-order valence-electron chi connectivity index (χ3n) is 6.56. The van der Waals surface area contributed by atoms with E-state index in [0.29, 0.717) is 16.5 Å². The number of rotatable bonds is 9. The number of carbonyl (C=O) groups is 2. The van der Waals surface area contributed by atoms with Gasteiger partial charge in [-0.05, 0) is 38.5 Å². The fraction of sp³-hybridized carbons (Fsp3) is 0.333. The number of nitrogens with one attached hydrogen (secondary N) is 1. The zero-order valence-electron chi connectivity index (χ0n) is 22.2. The molecule has 0 unspecified atom stereocenters. The number of para-hydroxylation sites is 1. The van der Waals surface area contributed by atoms with E-state index in [0.717, 1.165) is 24.6 Å². The van der Waals surface area contributed by atoms with Crippen LogP contribution in [0.4, 0.5) is 17.1 Å². The maximum Gasteiger partial charge on any atom is 0.297 e. The summed E-state index contributed by atoms with van der Waals surface area (Å²) < 4.78 is 3.25. The number of hydrogen-bond donors (Lipinski definition) is 1. The maximum atomic E-state index is 13.5. The van der Waals surface area contributed by atoms with E-state index < -0.39 is 16.1 Å². The molecule has 1 aliphatic rings. The van der Waals surface area contributed by atoms with Crippen molar-refractivity contribution in [3.8, 4) is 5.69 Å². The van der Waals surface area contributed by atoms with Crippen molar-refractivity contribution in [2.45, 2.75) is 51.3 Å². The first kappa shape index (κ1) is 27.8. The van der Waals surface area contributed by atoms with Crippen LogP contribution in [0.5, 0.6) is 0 Å². The second kappa shape index (κ2) is 11.7. The van der Waals surface area contributed by atoms with E-state index in [9.17, 15) is 24.5 Å². The van der Waals surface area contributed by atoms with Crippen LogP contribution in [-0.4, -0.2) is 47.5 Å². The molecular weight excluding hydrogens is 520 g/mol. The first-order chi connectivity index (χ1) is 18.6. The molecule has 2 amide bonds. The number of nitrogens with zero attached hydrogens (tertiary/aromatic N) is 5. The lowest BCUT2D eigenvalue weighted by Crippen LogP contribution is -2.40. The number of non-ortho nitro benzene ring substituents is 1. The summed E-state index contributed by atoms with van der Waals surface area (Å²) in [6.07, 6.45) is 1.41. The molecule has 0 spiro atoms. The standard InChI is InChI=1S/C27H30N6O5S/c1-5-10-17(2)31-25(35)22(16-23(34)28-19-11-9-14-21(15-19)33(37)38)39-27(31)29-24-18(3)30(4)32(26(24)36)20-12-7-6-8-13-20/h6-9,11-15,17,22H,5,10,16H2,1-4H3,(H,28,34)/t17-,22-/m1/s1. The number of nitro benzene ring substituents is 1. The summed E-state index contributed by atoms with van der Waals surface area (Å²) in [6.45, 7) is 5.74. The molecule has 4 rings (SSSR count). The third kappa shape index (κ3) is 5.80. The highest BCUT2D eigenvalue weighted by Gasteiger charge is 2.41. The molecule has 2 atom stereocenters. The summed E-state index contributed by atoms with van der Waals surface area (Å²) in [5.74, 6) is -0.709. The van der Waals surface area contributed by atoms with Gasteiger partial charge < -0.3 is 5.32 Å². The molecule has 39 heavy (non-hydrogen) atoms. The van der Waals surface area contributed by atoms with Gasteiger partial charge in [0.1, 0.15) is 5.25 Å². The lowest BCUT2D eigenvalue weighted by Gasteiger charge is -2.24. The number of thioether (sulfide) groups is 1. The van der Waals surface area contributed by atoms with Crippen LogP contribution in [0.3, 0.4) is 0 Å². The second-order valence-corrected chi connectivity index (χ2v) is 10.5. The summed E-state index contributed by atoms with van der Waals surface area (Å²) >= 11 is 1.15. The fourth-order valence-corrected chi connectivity index (χ4v) is 5.73. The van der Waals surface area contributed by atoms with Crippen LogP contribution in [0, 0.1) is 17.0 Å². The van der Waals surface area contributed by atoms with Crippen molar-refractivity contribution in [2.75, 3.05) is 5.32 Å². The molecule has 204 valence electrons. The Morgan fingerprint density at radius 1 is 1.18 bits per heavy atom. The van der Waals surface area contributed by atoms with E-state index in [1.807, 2.05) is 44.2 Å². The summed E-state index contributed by atoms with van der Waals surface area (Å²) in [5, 5.41) is 13.3. The fourth-order valence-electron chi connectivity index (χ4n) is 4.50. The number of hydrogen-bond acceptors (Lipinski definition) is 7. The summed E-state index contributed by atoms with van der Waals surface area (Å²) in [7, 11) is 1.78. The normalized spacial score (nSPS) is 17.0. The SMILES string of the molecule is CCC[C@@H](C)N1C(=O)[C@@H](CC(=O)Nc2cccc([N+](=O)[O-])c2)SC1=Nc1c(C)n(C)n(-c2ccccc2)c1=O. The van der Waals surface area contributed by atoms with Gasteiger partial charge in [0.05, 0.1) is 16.3 Å². The van der Waals surface area contributed by atoms with Crippen molar-refractivity contribution in [2.24, 2.45) is 12.0 Å². The number of aromatic nitrogens is 2. The minimum atomic E-state index is -0.748. The van der Waals surface area contributed by atoms with Gasteiger partial charge in [0.15, 0.2) is 10.9 Å². The van der Waals surface area contributed by atoms with Crippen molar-refractivity contribution < 1.29 is 14.5 Å². The molecule has 11 nitrogen and oxygen atoms in total. The Labute approximate surface area is 229 Å². The van der Waals surface area contributed by atoms with Gasteiger partial charge in [0.25, 0.3) is 11.2 Å². The van der Waals surface area contributed by atoms with E-state index in [4.69, 9.17) is 4.99 Å². The first-order valence-corrected chi connectivity index (χ1v) is 13.5. The minimum absolute atomic E-state index is 0.146. The molecule has 1 saturated heterocycles. The molecule has 0 aliphatic carbocycles. The summed E-state index contributed by atoms with van der Waals surface area (Å²) in [4.78, 5) is 56.5. The number of benzene rings is 2. The molecule has 1 N–H and O–H groups in total. The van der Waals surface area contributed by atoms with Crippen LogP contribution in [0.25, 0.3) is 5.69 Å². The maximum absolute atomic E-state index is 13.5. The van der Waals surface area contributed by atoms with Crippen molar-refractivity contribution in [1.29, 1.82) is 0 Å². The minimum Gasteiger partial charge on any atom is -0.326 e. The predicted octanol–water partition coefficient (Wildman–Crippen LogP) is 4.54. The smallest absolute Gasteiger partial charge is 0.297 e. The Kier molecular flexibility index (Phi) is 8.34. The monoisotopic (exact) mass is 550 g/mol. The van der Waals surface area contributed by atoms with Crippen molar-refractivity contribution in [1.82, 2.24) is 14.3 Å². The van der Waals surface area contributed by atoms with Gasteiger partial charge in [-0.1, -0.05) is 49.4 Å². The molecule has 0 bridgehead atoms. The van der Waals surface area contributed by atoms with E-state index in [1.165, 1.54) is 22.9 Å². The molecule has 3 aromatic rings. The predicted molar refractivity (Wildman–Crippen MR) is 152 cm³/mol. The number of amidine groups is 1. The average Bonchev–Trinajstić information content (AvgIpc) is 3.32. The Hall–Kier alpha value is -4.19. The van der Waals surface area contributed by atoms with E-state index in [2.05, 4.69) is 5.32 Å². The molecule has 12 heteroatoms. The van der Waals surface area contributed by atoms with Crippen molar-refractivity contribution in [3.05, 3.63) is 80.8 Å². The van der Waals surface area contributed by atoms with Gasteiger partial charge in [0.2, 0.25) is 11.8 Å². The van der Waals surface area contributed by atoms with Crippen LogP contribution in [-0.2, 0) is 16.6 Å². The zero-order chi connectivity index (χ0) is 28.3. The number of carbonyl (C=O) groups excluding carboxylic acids is 2. The molecular formula is C27H30N6O5S. The highest BCUT2D eigenvalue weighted by Crippen LogP contribution is 2.34. The number of anilines is 1. The van der Waals surface area contributed by atoms with E-state index >= 15 is 0 Å². The Balaban J connectivity index is 1.63. The Morgan fingerprint density at radius 3 is 2.56 bits per heavy atom. The van der Waals surface area contributed by atoms with Crippen LogP contribution >= 0.6 is 11.8 Å². The van der Waals surface area contributed by atoms with E-state index in [1.54, 1.807) is 29.6 Å². The van der Waals surface area contributed by atoms with Crippen LogP contribution in [0.2, 0.25) is 0 Å². The molecule has 1 aliphatic heterocycles. The first-order valence-electron chi connectivity index (χ1n) is 12.6. The molecule has 1 fully saturated rings. The molecule has 1 aromatic heterocycles. The lowest BCUT2D eigenvalue weighted by molar-refractivity contribution is -0.384. The summed E-state index contributed by atoms with van der Waals surface area (Å²) in [6, 6.07) is 14.7. The number of aliphatic imine (C=N–C) groups is 1. The molecule has 2 heterocycles. The lowest BCUT2D eigenvalue weighted by atomic mass is 10.1. The molecule has 0 radical (unpaired) electrons. The highest BCUT2D eigenvalue weighted by molar-refractivity contribution is 8.15. The Morgan fingerprint density at radius 2 is 1.90 bits per heavy atom. The van der Waals surface area contributed by atoms with Gasteiger partial charge in [-0.2, -0.15) is 0 Å². The van der Waals surface area contributed by atoms with Gasteiger partial charge in [-0.25, -0.2) is 9.67 Å². The van der Waals surface area contributed by atoms with Crippen molar-refractivity contribution >= 4 is 45.8 Å². The number of amides is 2. The van der Waals surface area contributed by atoms with Crippen molar-refractivity contribution in [3.63, 3.8) is 0 Å².